The molecule has 0 fully saturated rings. The molecule has 13 heavy (non-hydrogen) atoms. The maximum atomic E-state index is 11.4. The Kier molecular flexibility index (Phi) is 1.82. The summed E-state index contributed by atoms with van der Waals surface area (Å²) in [5, 5.41) is 2.72. The summed E-state index contributed by atoms with van der Waals surface area (Å²) < 4.78 is 0. The van der Waals surface area contributed by atoms with E-state index in [0.29, 0.717) is 23.8 Å². The van der Waals surface area contributed by atoms with Crippen molar-refractivity contribution in [3.8, 4) is 0 Å². The minimum absolute atomic E-state index is 0.154. The predicted molar refractivity (Wildman–Crippen MR) is 49.4 cm³/mol. The van der Waals surface area contributed by atoms with Crippen molar-refractivity contribution in [1.29, 1.82) is 0 Å². The van der Waals surface area contributed by atoms with Crippen LogP contribution < -0.4 is 16.6 Å². The van der Waals surface area contributed by atoms with Gasteiger partial charge in [-0.15, -0.1) is 0 Å². The van der Waals surface area contributed by atoms with Gasteiger partial charge in [0, 0.05) is 12.6 Å². The van der Waals surface area contributed by atoms with E-state index < -0.39 is 0 Å². The van der Waals surface area contributed by atoms with Gasteiger partial charge in [0.15, 0.2) is 5.82 Å². The van der Waals surface area contributed by atoms with Crippen LogP contribution in [0.4, 0.5) is 11.8 Å². The normalized spacial score (nSPS) is 13.0. The summed E-state index contributed by atoms with van der Waals surface area (Å²) in [6.07, 6.45) is 2.22. The number of rotatable bonds is 2. The lowest BCUT2D eigenvalue weighted by Gasteiger charge is -2.02. The van der Waals surface area contributed by atoms with E-state index in [1.54, 1.807) is 6.21 Å². The molecule has 2 heterocycles. The first-order valence-electron chi connectivity index (χ1n) is 3.91. The quantitative estimate of drug-likeness (QED) is 0.526. The summed E-state index contributed by atoms with van der Waals surface area (Å²) in [6.45, 7) is 0.228. The van der Waals surface area contributed by atoms with Crippen LogP contribution in [0.3, 0.4) is 0 Å². The first-order valence-corrected chi connectivity index (χ1v) is 3.91. The van der Waals surface area contributed by atoms with E-state index in [2.05, 4.69) is 20.3 Å². The fraction of sp³-hybridized carbons (Fsp3) is 0.286. The van der Waals surface area contributed by atoms with Crippen LogP contribution in [0.15, 0.2) is 9.79 Å². The van der Waals surface area contributed by atoms with Gasteiger partial charge >= 0.3 is 0 Å². The topological polar surface area (TPSA) is 96.2 Å². The lowest BCUT2D eigenvalue weighted by atomic mass is 10.3. The highest BCUT2D eigenvalue weighted by Crippen LogP contribution is 2.17. The maximum Gasteiger partial charge on any atom is 0.258 e. The molecule has 4 N–H and O–H groups in total. The molecule has 2 rings (SSSR count). The van der Waals surface area contributed by atoms with Crippen LogP contribution in [0.5, 0.6) is 0 Å². The number of hydrogen-bond donors (Lipinski definition) is 3. The average Bonchev–Trinajstić information content (AvgIpc) is 2.53. The Hall–Kier alpha value is -1.69. The molecule has 1 aliphatic rings. The van der Waals surface area contributed by atoms with Gasteiger partial charge in [0.2, 0.25) is 5.95 Å². The molecule has 0 spiro atoms. The number of anilines is 1. The minimum atomic E-state index is -0.154. The van der Waals surface area contributed by atoms with Gasteiger partial charge in [0.25, 0.3) is 5.56 Å². The number of nitrogens with one attached hydrogen (secondary N) is 2. The highest BCUT2D eigenvalue weighted by Gasteiger charge is 2.13. The van der Waals surface area contributed by atoms with Gasteiger partial charge in [0.1, 0.15) is 0 Å². The zero-order valence-corrected chi connectivity index (χ0v) is 6.87. The number of H-pyrrole nitrogens is 1. The van der Waals surface area contributed by atoms with Crippen molar-refractivity contribution in [2.45, 2.75) is 6.42 Å². The van der Waals surface area contributed by atoms with Gasteiger partial charge in [0.05, 0.1) is 12.2 Å². The van der Waals surface area contributed by atoms with E-state index >= 15 is 0 Å². The van der Waals surface area contributed by atoms with Crippen molar-refractivity contribution in [1.82, 2.24) is 9.97 Å². The number of aliphatic imine (C=N–C) groups is 1. The van der Waals surface area contributed by atoms with E-state index in [0.717, 1.165) is 0 Å². The van der Waals surface area contributed by atoms with Crippen LogP contribution in [0.1, 0.15) is 5.56 Å². The van der Waals surface area contributed by atoms with Crippen molar-refractivity contribution in [2.24, 2.45) is 10.7 Å². The molecule has 0 bridgehead atoms. The monoisotopic (exact) mass is 179 g/mol. The molecule has 0 saturated heterocycles. The van der Waals surface area contributed by atoms with Gasteiger partial charge < -0.3 is 11.1 Å². The average molecular weight is 179 g/mol. The summed E-state index contributed by atoms with van der Waals surface area (Å²) in [7, 11) is 0. The molecule has 68 valence electrons. The molecule has 1 aliphatic heterocycles. The second-order valence-corrected chi connectivity index (χ2v) is 2.61. The molecule has 1 aromatic rings. The molecule has 0 aromatic carbocycles. The number of aromatic amines is 1. The minimum Gasteiger partial charge on any atom is -0.343 e. The van der Waals surface area contributed by atoms with Crippen molar-refractivity contribution >= 4 is 18.0 Å². The molecule has 0 radical (unpaired) electrons. The third-order valence-corrected chi connectivity index (χ3v) is 1.77. The molecule has 0 saturated carbocycles. The summed E-state index contributed by atoms with van der Waals surface area (Å²) in [6, 6.07) is 0. The zero-order valence-electron chi connectivity index (χ0n) is 6.87. The summed E-state index contributed by atoms with van der Waals surface area (Å²) in [5.41, 5.74) is 5.70. The third kappa shape index (κ3) is 1.31. The van der Waals surface area contributed by atoms with Crippen LogP contribution >= 0.6 is 0 Å². The lowest BCUT2D eigenvalue weighted by Crippen LogP contribution is -2.19. The third-order valence-electron chi connectivity index (χ3n) is 1.77. The van der Waals surface area contributed by atoms with E-state index in [1.807, 2.05) is 0 Å². The summed E-state index contributed by atoms with van der Waals surface area (Å²) in [4.78, 5) is 21.9. The second-order valence-electron chi connectivity index (χ2n) is 2.61. The highest BCUT2D eigenvalue weighted by atomic mass is 16.1. The van der Waals surface area contributed by atoms with Crippen LogP contribution in [0.2, 0.25) is 0 Å². The standard InChI is InChI=1S/C7H9N5O/c8-3-10-7-11-5-4(1-2-9-5)6(13)12-7/h2H,1,3,8H2,(H2,10,11,12,13). The Morgan fingerprint density at radius 2 is 2.54 bits per heavy atom. The molecule has 6 heteroatoms. The van der Waals surface area contributed by atoms with Gasteiger partial charge in [-0.25, -0.2) is 4.99 Å². The van der Waals surface area contributed by atoms with Gasteiger partial charge in [-0.3, -0.25) is 9.78 Å². The number of hydrogen-bond acceptors (Lipinski definition) is 5. The van der Waals surface area contributed by atoms with Crippen molar-refractivity contribution in [2.75, 3.05) is 12.0 Å². The molecule has 1 aromatic heterocycles. The highest BCUT2D eigenvalue weighted by molar-refractivity contribution is 5.73. The smallest absolute Gasteiger partial charge is 0.258 e. The van der Waals surface area contributed by atoms with Crippen LogP contribution in [-0.4, -0.2) is 22.9 Å². The molecular formula is C7H9N5O. The molecule has 0 amide bonds. The largest absolute Gasteiger partial charge is 0.343 e. The van der Waals surface area contributed by atoms with Crippen molar-refractivity contribution in [3.05, 3.63) is 15.9 Å². The van der Waals surface area contributed by atoms with E-state index in [9.17, 15) is 4.79 Å². The SMILES string of the molecule is NCNc1nc2c(c(=O)[nH]1)CC=N2. The van der Waals surface area contributed by atoms with Gasteiger partial charge in [-0.05, 0) is 0 Å². The van der Waals surface area contributed by atoms with E-state index in [-0.39, 0.29) is 12.2 Å². The number of nitrogens with two attached hydrogens (primary N) is 1. The molecule has 6 nitrogen and oxygen atoms in total. The lowest BCUT2D eigenvalue weighted by molar-refractivity contribution is 1.02. The van der Waals surface area contributed by atoms with Crippen LogP contribution in [0.25, 0.3) is 0 Å². The number of nitrogens with zero attached hydrogens (tertiary/aromatic N) is 2. The Bertz CT molecular complexity index is 408. The fourth-order valence-corrected chi connectivity index (χ4v) is 1.18. The molecule has 0 atom stereocenters. The van der Waals surface area contributed by atoms with Crippen LogP contribution in [0, 0.1) is 0 Å². The van der Waals surface area contributed by atoms with Gasteiger partial charge in [-0.1, -0.05) is 0 Å². The van der Waals surface area contributed by atoms with Crippen LogP contribution in [-0.2, 0) is 6.42 Å². The van der Waals surface area contributed by atoms with E-state index in [1.165, 1.54) is 0 Å². The zero-order chi connectivity index (χ0) is 9.26. The van der Waals surface area contributed by atoms with Gasteiger partial charge in [-0.2, -0.15) is 4.98 Å². The Morgan fingerprint density at radius 3 is 3.31 bits per heavy atom. The summed E-state index contributed by atoms with van der Waals surface area (Å²) in [5.74, 6) is 0.852. The predicted octanol–water partition coefficient (Wildman–Crippen LogP) is -0.644. The Balaban J connectivity index is 2.48. The van der Waals surface area contributed by atoms with E-state index in [4.69, 9.17) is 5.73 Å². The molecular weight excluding hydrogens is 170 g/mol. The Morgan fingerprint density at radius 1 is 1.69 bits per heavy atom. The number of fused-ring (bicyclic) bond motifs is 1. The molecule has 0 unspecified atom stereocenters. The second kappa shape index (κ2) is 2.98. The van der Waals surface area contributed by atoms with Crippen molar-refractivity contribution < 1.29 is 0 Å². The van der Waals surface area contributed by atoms with Crippen molar-refractivity contribution in [3.63, 3.8) is 0 Å². The summed E-state index contributed by atoms with van der Waals surface area (Å²) >= 11 is 0. The number of aromatic nitrogens is 2. The maximum absolute atomic E-state index is 11.4. The fourth-order valence-electron chi connectivity index (χ4n) is 1.18. The Labute approximate surface area is 73.9 Å². The molecule has 0 aliphatic carbocycles. The first kappa shape index (κ1) is 7.93. The first-order chi connectivity index (χ1) is 6.31.